The largest absolute Gasteiger partial charge is 0.490 e. The second kappa shape index (κ2) is 9.04. The Bertz CT molecular complexity index is 1380. The van der Waals surface area contributed by atoms with E-state index in [1.165, 1.54) is 32.5 Å². The van der Waals surface area contributed by atoms with Gasteiger partial charge in [0.2, 0.25) is 10.0 Å². The molecule has 0 aliphatic heterocycles. The minimum Gasteiger partial charge on any atom is -0.490 e. The van der Waals surface area contributed by atoms with Crippen molar-refractivity contribution in [2.24, 2.45) is 0 Å². The molecule has 0 spiro atoms. The summed E-state index contributed by atoms with van der Waals surface area (Å²) in [4.78, 5) is 17.3. The Kier molecular flexibility index (Phi) is 6.16. The van der Waals surface area contributed by atoms with Gasteiger partial charge in [0.25, 0.3) is 5.71 Å². The van der Waals surface area contributed by atoms with Gasteiger partial charge in [0.1, 0.15) is 24.7 Å². The van der Waals surface area contributed by atoms with Crippen LogP contribution in [0.1, 0.15) is 16.1 Å². The number of furan rings is 1. The van der Waals surface area contributed by atoms with Crippen LogP contribution in [0, 0.1) is 6.92 Å². The molecule has 0 saturated heterocycles. The lowest BCUT2D eigenvalue weighted by Gasteiger charge is -2.12. The lowest BCUT2D eigenvalue weighted by Crippen LogP contribution is -2.22. The van der Waals surface area contributed by atoms with Crippen LogP contribution in [0.4, 0.5) is 0 Å². The molecule has 0 radical (unpaired) electrons. The summed E-state index contributed by atoms with van der Waals surface area (Å²) in [5.41, 5.74) is 1.39. The van der Waals surface area contributed by atoms with Crippen LogP contribution in [0.15, 0.2) is 62.6 Å². The summed E-state index contributed by atoms with van der Waals surface area (Å²) in [7, 11) is -0.590. The van der Waals surface area contributed by atoms with Crippen molar-refractivity contribution in [1.29, 1.82) is 0 Å². The molecule has 172 valence electrons. The SMILES string of the molecule is Cc1noc2nc(-c3ccco3)cc(C(=O)OCCOc3ccc(S(=O)(=O)N(C)C)cc3)c12. The lowest BCUT2D eigenvalue weighted by molar-refractivity contribution is 0.0452. The standard InChI is InChI=1S/C22H21N3O7S/c1-14-20-17(13-18(19-5-4-10-30-19)23-21(20)32-24-14)22(26)31-12-11-29-15-6-8-16(9-7-15)33(27,28)25(2)3/h4-10,13H,11-12H2,1-3H3. The highest BCUT2D eigenvalue weighted by molar-refractivity contribution is 7.89. The molecule has 10 nitrogen and oxygen atoms in total. The molecule has 3 heterocycles. The van der Waals surface area contributed by atoms with Crippen molar-refractivity contribution in [2.75, 3.05) is 27.3 Å². The van der Waals surface area contributed by atoms with E-state index in [1.54, 1.807) is 37.3 Å². The molecule has 1 aromatic carbocycles. The summed E-state index contributed by atoms with van der Waals surface area (Å²) in [5, 5.41) is 4.35. The molecule has 0 fully saturated rings. The Morgan fingerprint density at radius 3 is 2.55 bits per heavy atom. The van der Waals surface area contributed by atoms with Gasteiger partial charge in [0, 0.05) is 14.1 Å². The minimum atomic E-state index is -3.51. The number of fused-ring (bicyclic) bond motifs is 1. The van der Waals surface area contributed by atoms with Crippen molar-refractivity contribution < 1.29 is 31.6 Å². The molecule has 0 atom stereocenters. The average molecular weight is 471 g/mol. The number of ether oxygens (including phenoxy) is 2. The fraction of sp³-hybridized carbons (Fsp3) is 0.227. The number of hydrogen-bond donors (Lipinski definition) is 0. The van der Waals surface area contributed by atoms with E-state index in [9.17, 15) is 13.2 Å². The molecule has 0 saturated carbocycles. The number of hydrogen-bond acceptors (Lipinski definition) is 9. The van der Waals surface area contributed by atoms with Crippen molar-refractivity contribution in [1.82, 2.24) is 14.4 Å². The zero-order valence-electron chi connectivity index (χ0n) is 18.1. The molecular formula is C22H21N3O7S. The minimum absolute atomic E-state index is 0.0270. The van der Waals surface area contributed by atoms with E-state index in [2.05, 4.69) is 10.1 Å². The van der Waals surface area contributed by atoms with Crippen molar-refractivity contribution in [3.8, 4) is 17.2 Å². The first-order valence-electron chi connectivity index (χ1n) is 9.91. The normalized spacial score (nSPS) is 11.8. The van der Waals surface area contributed by atoms with E-state index in [4.69, 9.17) is 18.4 Å². The third kappa shape index (κ3) is 4.59. The van der Waals surface area contributed by atoms with Crippen LogP contribution in [-0.4, -0.2) is 56.1 Å². The number of carbonyl (C=O) groups excluding carboxylic acids is 1. The summed E-state index contributed by atoms with van der Waals surface area (Å²) in [6.45, 7) is 1.76. The number of aromatic nitrogens is 2. The molecule has 0 amide bonds. The fourth-order valence-corrected chi connectivity index (χ4v) is 4.00. The van der Waals surface area contributed by atoms with E-state index in [0.29, 0.717) is 28.3 Å². The van der Waals surface area contributed by atoms with E-state index >= 15 is 0 Å². The number of rotatable bonds is 8. The first-order chi connectivity index (χ1) is 15.8. The van der Waals surface area contributed by atoms with Gasteiger partial charge in [-0.1, -0.05) is 5.16 Å². The third-order valence-corrected chi connectivity index (χ3v) is 6.63. The number of carbonyl (C=O) groups is 1. The zero-order valence-corrected chi connectivity index (χ0v) is 19.0. The van der Waals surface area contributed by atoms with E-state index in [-0.39, 0.29) is 29.4 Å². The molecule has 0 bridgehead atoms. The van der Waals surface area contributed by atoms with Crippen LogP contribution < -0.4 is 4.74 Å². The van der Waals surface area contributed by atoms with Gasteiger partial charge in [0.05, 0.1) is 27.8 Å². The fourth-order valence-electron chi connectivity index (χ4n) is 3.10. The van der Waals surface area contributed by atoms with Gasteiger partial charge in [-0.25, -0.2) is 22.5 Å². The highest BCUT2D eigenvalue weighted by Gasteiger charge is 2.21. The van der Waals surface area contributed by atoms with Gasteiger partial charge >= 0.3 is 5.97 Å². The second-order valence-electron chi connectivity index (χ2n) is 7.22. The molecule has 0 aliphatic carbocycles. The number of sulfonamides is 1. The van der Waals surface area contributed by atoms with Gasteiger partial charge in [-0.15, -0.1) is 0 Å². The maximum Gasteiger partial charge on any atom is 0.339 e. The second-order valence-corrected chi connectivity index (χ2v) is 9.38. The number of pyridine rings is 1. The van der Waals surface area contributed by atoms with Gasteiger partial charge in [-0.05, 0) is 49.4 Å². The van der Waals surface area contributed by atoms with Gasteiger partial charge < -0.3 is 18.4 Å². The van der Waals surface area contributed by atoms with E-state index in [1.807, 2.05) is 0 Å². The first kappa shape index (κ1) is 22.5. The van der Waals surface area contributed by atoms with Gasteiger partial charge in [-0.3, -0.25) is 0 Å². The van der Waals surface area contributed by atoms with Crippen LogP contribution in [0.5, 0.6) is 5.75 Å². The summed E-state index contributed by atoms with van der Waals surface area (Å²) in [6, 6.07) is 11.0. The number of aryl methyl sites for hydroxylation is 1. The molecule has 3 aromatic heterocycles. The molecule has 33 heavy (non-hydrogen) atoms. The summed E-state index contributed by atoms with van der Waals surface area (Å²) in [5.74, 6) is 0.339. The quantitative estimate of drug-likeness (QED) is 0.281. The number of nitrogens with zero attached hydrogens (tertiary/aromatic N) is 3. The Morgan fingerprint density at radius 1 is 1.12 bits per heavy atom. The van der Waals surface area contributed by atoms with Crippen LogP contribution in [0.25, 0.3) is 22.6 Å². The monoisotopic (exact) mass is 471 g/mol. The molecule has 0 aliphatic rings. The molecule has 4 rings (SSSR count). The first-order valence-corrected chi connectivity index (χ1v) is 11.3. The summed E-state index contributed by atoms with van der Waals surface area (Å²) in [6.07, 6.45) is 1.50. The number of esters is 1. The van der Waals surface area contributed by atoms with E-state index in [0.717, 1.165) is 4.31 Å². The van der Waals surface area contributed by atoms with Crippen molar-refractivity contribution in [3.63, 3.8) is 0 Å². The van der Waals surface area contributed by atoms with Crippen LogP contribution in [0.2, 0.25) is 0 Å². The Labute approximate surface area is 189 Å². The summed E-state index contributed by atoms with van der Waals surface area (Å²) < 4.78 is 46.9. The van der Waals surface area contributed by atoms with E-state index < -0.39 is 16.0 Å². The van der Waals surface area contributed by atoms with Crippen LogP contribution in [0.3, 0.4) is 0 Å². The Balaban J connectivity index is 1.42. The maximum atomic E-state index is 12.8. The average Bonchev–Trinajstić information content (AvgIpc) is 3.46. The molecule has 0 N–H and O–H groups in total. The molecule has 4 aromatic rings. The third-order valence-electron chi connectivity index (χ3n) is 4.80. The van der Waals surface area contributed by atoms with Crippen LogP contribution >= 0.6 is 0 Å². The Hall–Kier alpha value is -3.70. The predicted octanol–water partition coefficient (Wildman–Crippen LogP) is 3.28. The predicted molar refractivity (Wildman–Crippen MR) is 117 cm³/mol. The molecule has 0 unspecified atom stereocenters. The van der Waals surface area contributed by atoms with Crippen molar-refractivity contribution >= 4 is 27.1 Å². The molecular weight excluding hydrogens is 450 g/mol. The summed E-state index contributed by atoms with van der Waals surface area (Å²) >= 11 is 0. The highest BCUT2D eigenvalue weighted by atomic mass is 32.2. The van der Waals surface area contributed by atoms with Gasteiger partial charge in [-0.2, -0.15) is 0 Å². The highest BCUT2D eigenvalue weighted by Crippen LogP contribution is 2.27. The maximum absolute atomic E-state index is 12.8. The Morgan fingerprint density at radius 2 is 1.88 bits per heavy atom. The van der Waals surface area contributed by atoms with Crippen LogP contribution in [-0.2, 0) is 14.8 Å². The topological polar surface area (TPSA) is 125 Å². The zero-order chi connectivity index (χ0) is 23.6. The van der Waals surface area contributed by atoms with Gasteiger partial charge in [0.15, 0.2) is 5.76 Å². The van der Waals surface area contributed by atoms with Crippen molar-refractivity contribution in [3.05, 3.63) is 60.0 Å². The molecule has 11 heteroatoms. The van der Waals surface area contributed by atoms with Crippen molar-refractivity contribution in [2.45, 2.75) is 11.8 Å². The lowest BCUT2D eigenvalue weighted by atomic mass is 10.1. The number of benzene rings is 1. The smallest absolute Gasteiger partial charge is 0.339 e.